The predicted octanol–water partition coefficient (Wildman–Crippen LogP) is 14.3. The first-order chi connectivity index (χ1) is 22.7. The molecule has 0 saturated carbocycles. The number of hydrogen-bond donors (Lipinski definition) is 0. The fourth-order valence-corrected chi connectivity index (χ4v) is 6.86. The number of rotatable bonds is 35. The number of unbranched alkanes of at least 4 members (excludes halogenated alkanes) is 30. The van der Waals surface area contributed by atoms with E-state index in [0.29, 0.717) is 17.3 Å². The molecule has 0 fully saturated rings. The Bertz CT molecular complexity index is 798. The van der Waals surface area contributed by atoms with Gasteiger partial charge in [0.2, 0.25) is 0 Å². The molecule has 4 heteroatoms. The van der Waals surface area contributed by atoms with Crippen molar-refractivity contribution in [3.05, 3.63) is 29.0 Å². The van der Waals surface area contributed by atoms with Gasteiger partial charge in [-0.3, -0.25) is 0 Å². The van der Waals surface area contributed by atoms with Gasteiger partial charge in [0.05, 0.1) is 6.61 Å². The van der Waals surface area contributed by atoms with Crippen molar-refractivity contribution < 1.29 is 14.1 Å². The Balaban J connectivity index is 1.93. The highest BCUT2D eigenvalue weighted by molar-refractivity contribution is 6.31. The summed E-state index contributed by atoms with van der Waals surface area (Å²) in [7, 11) is 0. The Morgan fingerprint density at radius 2 is 0.848 bits per heavy atom. The molecule has 1 rings (SSSR count). The summed E-state index contributed by atoms with van der Waals surface area (Å²) in [6, 6.07) is 3.71. The van der Waals surface area contributed by atoms with Crippen LogP contribution in [0.3, 0.4) is 0 Å². The molecule has 268 valence electrons. The Hall–Kier alpha value is -1.09. The van der Waals surface area contributed by atoms with Crippen molar-refractivity contribution in [2.24, 2.45) is 0 Å². The number of halogens is 1. The monoisotopic (exact) mass is 663 g/mol. The Morgan fingerprint density at radius 3 is 1.22 bits per heavy atom. The summed E-state index contributed by atoms with van der Waals surface area (Å²) in [6.07, 6.45) is 45.5. The maximum absolute atomic E-state index is 12.6. The number of esters is 1. The number of ether oxygens (including phenoxy) is 1. The van der Waals surface area contributed by atoms with E-state index in [9.17, 15) is 4.79 Å². The highest BCUT2D eigenvalue weighted by atomic mass is 35.5. The van der Waals surface area contributed by atoms with Crippen molar-refractivity contribution in [3.63, 3.8) is 0 Å². The minimum absolute atomic E-state index is 0.288. The maximum Gasteiger partial charge on any atom is 0.345 e. The Kier molecular flexibility index (Phi) is 31.5. The van der Waals surface area contributed by atoms with Crippen LogP contribution in [0, 0.1) is 0 Å². The summed E-state index contributed by atoms with van der Waals surface area (Å²) in [5, 5.41) is 0.513. The molecule has 0 spiro atoms. The normalized spacial score (nSPS) is 11.4. The molecule has 0 bridgehead atoms. The third-order valence-corrected chi connectivity index (χ3v) is 10.1. The van der Waals surface area contributed by atoms with Gasteiger partial charge in [-0.2, -0.15) is 4.57 Å². The molecule has 0 aliphatic rings. The molecular formula is C42H77ClNO2+. The number of pyridine rings is 1. The van der Waals surface area contributed by atoms with E-state index in [2.05, 4.69) is 13.8 Å². The van der Waals surface area contributed by atoms with Crippen LogP contribution >= 0.6 is 11.6 Å². The van der Waals surface area contributed by atoms with Crippen molar-refractivity contribution in [3.8, 4) is 0 Å². The maximum atomic E-state index is 12.6. The zero-order valence-corrected chi connectivity index (χ0v) is 31.7. The Labute approximate surface area is 292 Å². The highest BCUT2D eigenvalue weighted by Crippen LogP contribution is 2.17. The molecule has 0 aliphatic carbocycles. The third kappa shape index (κ3) is 25.9. The van der Waals surface area contributed by atoms with Crippen molar-refractivity contribution in [1.29, 1.82) is 0 Å². The van der Waals surface area contributed by atoms with E-state index in [1.807, 2.05) is 16.8 Å². The molecule has 1 heterocycles. The first-order valence-corrected chi connectivity index (χ1v) is 20.9. The van der Waals surface area contributed by atoms with Crippen molar-refractivity contribution in [2.45, 2.75) is 226 Å². The molecule has 1 aromatic rings. The summed E-state index contributed by atoms with van der Waals surface area (Å²) in [5.74, 6) is -0.288. The zero-order chi connectivity index (χ0) is 33.2. The van der Waals surface area contributed by atoms with Crippen LogP contribution in [0.25, 0.3) is 0 Å². The number of aromatic nitrogens is 1. The summed E-state index contributed by atoms with van der Waals surface area (Å²) in [4.78, 5) is 12.6. The van der Waals surface area contributed by atoms with Gasteiger partial charge in [-0.15, -0.1) is 0 Å². The first-order valence-electron chi connectivity index (χ1n) is 20.6. The highest BCUT2D eigenvalue weighted by Gasteiger charge is 2.20. The van der Waals surface area contributed by atoms with Gasteiger partial charge < -0.3 is 4.74 Å². The van der Waals surface area contributed by atoms with Crippen molar-refractivity contribution >= 4 is 17.6 Å². The average molecular weight is 664 g/mol. The second-order valence-corrected chi connectivity index (χ2v) is 14.5. The van der Waals surface area contributed by atoms with Gasteiger partial charge in [-0.25, -0.2) is 4.79 Å². The summed E-state index contributed by atoms with van der Waals surface area (Å²) < 4.78 is 7.56. The van der Waals surface area contributed by atoms with Gasteiger partial charge in [0.1, 0.15) is 12.1 Å². The second-order valence-electron chi connectivity index (χ2n) is 14.1. The number of carbonyl (C=O) groups excluding carboxylic acids is 1. The smallest absolute Gasteiger partial charge is 0.345 e. The zero-order valence-electron chi connectivity index (χ0n) is 30.9. The summed E-state index contributed by atoms with van der Waals surface area (Å²) >= 11 is 6.61. The van der Waals surface area contributed by atoms with E-state index in [4.69, 9.17) is 16.3 Å². The molecule has 0 aromatic carbocycles. The van der Waals surface area contributed by atoms with Crippen molar-refractivity contribution in [1.82, 2.24) is 0 Å². The van der Waals surface area contributed by atoms with Crippen LogP contribution < -0.4 is 4.57 Å². The minimum Gasteiger partial charge on any atom is -0.462 e. The van der Waals surface area contributed by atoms with Gasteiger partial charge in [-0.1, -0.05) is 200 Å². The molecular weight excluding hydrogens is 586 g/mol. The number of carbonyl (C=O) groups is 1. The van der Waals surface area contributed by atoms with E-state index < -0.39 is 0 Å². The topological polar surface area (TPSA) is 30.2 Å². The number of nitrogens with zero attached hydrogens (tertiary/aromatic N) is 1. The van der Waals surface area contributed by atoms with Crippen LogP contribution in [0.2, 0.25) is 5.15 Å². The number of aryl methyl sites for hydroxylation is 1. The number of hydrogen-bond acceptors (Lipinski definition) is 2. The van der Waals surface area contributed by atoms with Crippen LogP contribution in [-0.4, -0.2) is 12.6 Å². The first kappa shape index (κ1) is 42.9. The molecule has 3 nitrogen and oxygen atoms in total. The van der Waals surface area contributed by atoms with Crippen LogP contribution in [0.1, 0.15) is 230 Å². The SMILES string of the molecule is CCCCCCCCCCCCCCCCCCCCCCCC[n+]1cccc(C(=O)OCCCCCCCCCCCC)c1Cl. The fraction of sp³-hybridized carbons (Fsp3) is 0.857. The van der Waals surface area contributed by atoms with Gasteiger partial charge in [-0.05, 0) is 30.5 Å². The Morgan fingerprint density at radius 1 is 0.522 bits per heavy atom. The molecule has 0 unspecified atom stereocenters. The van der Waals surface area contributed by atoms with E-state index in [1.165, 1.54) is 186 Å². The fourth-order valence-electron chi connectivity index (χ4n) is 6.58. The van der Waals surface area contributed by atoms with Gasteiger partial charge in [0.15, 0.2) is 6.20 Å². The molecule has 0 saturated heterocycles. The van der Waals surface area contributed by atoms with E-state index in [1.54, 1.807) is 6.07 Å². The van der Waals surface area contributed by atoms with Crippen molar-refractivity contribution in [2.75, 3.05) is 6.61 Å². The van der Waals surface area contributed by atoms with E-state index >= 15 is 0 Å². The minimum atomic E-state index is -0.288. The lowest BCUT2D eigenvalue weighted by Crippen LogP contribution is -2.36. The van der Waals surface area contributed by atoms with Gasteiger partial charge >= 0.3 is 5.97 Å². The quantitative estimate of drug-likeness (QED) is 0.0313. The molecule has 0 aliphatic heterocycles. The molecule has 0 atom stereocenters. The average Bonchev–Trinajstić information content (AvgIpc) is 3.06. The van der Waals surface area contributed by atoms with Crippen LogP contribution in [0.15, 0.2) is 18.3 Å². The van der Waals surface area contributed by atoms with Crippen LogP contribution in [0.5, 0.6) is 0 Å². The third-order valence-electron chi connectivity index (χ3n) is 9.71. The lowest BCUT2D eigenvalue weighted by molar-refractivity contribution is -0.695. The lowest BCUT2D eigenvalue weighted by atomic mass is 10.0. The van der Waals surface area contributed by atoms with E-state index in [0.717, 1.165) is 25.8 Å². The van der Waals surface area contributed by atoms with Gasteiger partial charge in [0.25, 0.3) is 5.15 Å². The molecule has 0 amide bonds. The summed E-state index contributed by atoms with van der Waals surface area (Å²) in [6.45, 7) is 5.91. The van der Waals surface area contributed by atoms with Crippen LogP contribution in [0.4, 0.5) is 0 Å². The molecule has 0 radical (unpaired) electrons. The van der Waals surface area contributed by atoms with E-state index in [-0.39, 0.29) is 5.97 Å². The largest absolute Gasteiger partial charge is 0.462 e. The molecule has 1 aromatic heterocycles. The molecule has 46 heavy (non-hydrogen) atoms. The predicted molar refractivity (Wildman–Crippen MR) is 201 cm³/mol. The van der Waals surface area contributed by atoms with Gasteiger partial charge in [0, 0.05) is 12.5 Å². The standard InChI is InChI=1S/C42H77ClNO2/c1-3-5-7-9-11-13-15-16-17-18-19-20-21-22-23-24-25-26-27-29-31-33-37-44-38-35-36-40(41(44)43)42(45)46-39-34-32-30-28-14-12-10-8-6-4-2/h35-36,38H,3-34,37,39H2,1-2H3/q+1. The summed E-state index contributed by atoms with van der Waals surface area (Å²) in [5.41, 5.74) is 0.495. The molecule has 0 N–H and O–H groups in total. The van der Waals surface area contributed by atoms with Crippen LogP contribution in [-0.2, 0) is 11.3 Å². The lowest BCUT2D eigenvalue weighted by Gasteiger charge is -2.07. The second kappa shape index (κ2) is 33.8.